The maximum Gasteiger partial charge on any atom is 0.337 e. The molecule has 6 nitrogen and oxygen atoms in total. The summed E-state index contributed by atoms with van der Waals surface area (Å²) >= 11 is 2.00. The van der Waals surface area contributed by atoms with E-state index in [-0.39, 0.29) is 29.6 Å². The van der Waals surface area contributed by atoms with E-state index in [0.29, 0.717) is 13.0 Å². The first kappa shape index (κ1) is 14.8. The Kier molecular flexibility index (Phi) is 4.58. The van der Waals surface area contributed by atoms with Crippen LogP contribution >= 0.6 is 22.6 Å². The third-order valence-electron chi connectivity index (χ3n) is 2.99. The van der Waals surface area contributed by atoms with Crippen molar-refractivity contribution in [3.8, 4) is 0 Å². The molecular formula is C13H13IN2O4. The van der Waals surface area contributed by atoms with Crippen LogP contribution < -0.4 is 5.32 Å². The molecule has 20 heavy (non-hydrogen) atoms. The monoisotopic (exact) mass is 388 g/mol. The highest BCUT2D eigenvalue weighted by Crippen LogP contribution is 2.19. The Bertz CT molecular complexity index is 573. The average molecular weight is 388 g/mol. The number of aromatic carboxylic acids is 1. The molecule has 1 aliphatic heterocycles. The first-order chi connectivity index (χ1) is 9.47. The standard InChI is InChI=1S/C13H13IN2O4/c14-8-3-4-10(9(6-8)13(19)20)15-11(17)7-16-5-1-2-12(16)18/h3-4,6H,1-2,5,7H2,(H,15,17)(H,19,20). The summed E-state index contributed by atoms with van der Waals surface area (Å²) in [6, 6.07) is 4.75. The Morgan fingerprint density at radius 3 is 2.75 bits per heavy atom. The second-order valence-corrected chi connectivity index (χ2v) is 5.71. The number of carbonyl (C=O) groups excluding carboxylic acids is 2. The van der Waals surface area contributed by atoms with E-state index < -0.39 is 5.97 Å². The summed E-state index contributed by atoms with van der Waals surface area (Å²) in [7, 11) is 0. The number of halogens is 1. The van der Waals surface area contributed by atoms with Gasteiger partial charge in [-0.25, -0.2) is 4.79 Å². The van der Waals surface area contributed by atoms with E-state index in [1.54, 1.807) is 12.1 Å². The van der Waals surface area contributed by atoms with E-state index in [1.165, 1.54) is 11.0 Å². The van der Waals surface area contributed by atoms with Gasteiger partial charge < -0.3 is 15.3 Å². The zero-order valence-corrected chi connectivity index (χ0v) is 12.7. The van der Waals surface area contributed by atoms with Crippen molar-refractivity contribution in [3.05, 3.63) is 27.3 Å². The lowest BCUT2D eigenvalue weighted by molar-refractivity contribution is -0.131. The molecule has 0 bridgehead atoms. The Labute approximate surface area is 129 Å². The highest BCUT2D eigenvalue weighted by molar-refractivity contribution is 14.1. The molecule has 0 atom stereocenters. The van der Waals surface area contributed by atoms with Crippen LogP contribution in [0.3, 0.4) is 0 Å². The summed E-state index contributed by atoms with van der Waals surface area (Å²) in [4.78, 5) is 35.9. The van der Waals surface area contributed by atoms with Crippen LogP contribution in [0.2, 0.25) is 0 Å². The van der Waals surface area contributed by atoms with Gasteiger partial charge in [-0.1, -0.05) is 0 Å². The van der Waals surface area contributed by atoms with Gasteiger partial charge in [-0.15, -0.1) is 0 Å². The molecule has 0 aromatic heterocycles. The van der Waals surface area contributed by atoms with E-state index in [0.717, 1.165) is 9.99 Å². The molecule has 1 aromatic rings. The molecule has 0 unspecified atom stereocenters. The van der Waals surface area contributed by atoms with Gasteiger partial charge in [0.1, 0.15) is 0 Å². The fraction of sp³-hybridized carbons (Fsp3) is 0.308. The van der Waals surface area contributed by atoms with Crippen LogP contribution in [0.25, 0.3) is 0 Å². The third-order valence-corrected chi connectivity index (χ3v) is 3.66. The summed E-state index contributed by atoms with van der Waals surface area (Å²) in [5.41, 5.74) is 0.285. The normalized spacial score (nSPS) is 14.4. The number of benzene rings is 1. The van der Waals surface area contributed by atoms with Crippen LogP contribution in [0, 0.1) is 3.57 Å². The van der Waals surface area contributed by atoms with Gasteiger partial charge in [0, 0.05) is 16.5 Å². The van der Waals surface area contributed by atoms with Crippen LogP contribution in [0.15, 0.2) is 18.2 Å². The van der Waals surface area contributed by atoms with Crippen molar-refractivity contribution in [1.29, 1.82) is 0 Å². The van der Waals surface area contributed by atoms with Crippen molar-refractivity contribution in [2.75, 3.05) is 18.4 Å². The number of carboxylic acid groups (broad SMARTS) is 1. The summed E-state index contributed by atoms with van der Waals surface area (Å²) in [6.07, 6.45) is 1.23. The number of anilines is 1. The fourth-order valence-corrected chi connectivity index (χ4v) is 2.53. The maximum atomic E-state index is 11.9. The smallest absolute Gasteiger partial charge is 0.337 e. The first-order valence-electron chi connectivity index (χ1n) is 6.08. The van der Waals surface area contributed by atoms with Crippen molar-refractivity contribution in [3.63, 3.8) is 0 Å². The minimum Gasteiger partial charge on any atom is -0.478 e. The minimum absolute atomic E-state index is 0.0378. The summed E-state index contributed by atoms with van der Waals surface area (Å²) in [5, 5.41) is 11.7. The van der Waals surface area contributed by atoms with E-state index in [9.17, 15) is 14.4 Å². The topological polar surface area (TPSA) is 86.7 Å². The van der Waals surface area contributed by atoms with Crippen LogP contribution in [-0.2, 0) is 9.59 Å². The molecule has 1 aliphatic rings. The predicted molar refractivity (Wildman–Crippen MR) is 80.6 cm³/mol. The molecular weight excluding hydrogens is 375 g/mol. The molecule has 0 aliphatic carbocycles. The fourth-order valence-electron chi connectivity index (χ4n) is 2.04. The van der Waals surface area contributed by atoms with Gasteiger partial charge in [0.15, 0.2) is 0 Å². The Hall–Kier alpha value is -1.64. The largest absolute Gasteiger partial charge is 0.478 e. The molecule has 0 spiro atoms. The summed E-state index contributed by atoms with van der Waals surface area (Å²) in [6.45, 7) is 0.536. The lowest BCUT2D eigenvalue weighted by atomic mass is 10.2. The van der Waals surface area contributed by atoms with Crippen LogP contribution in [0.5, 0.6) is 0 Å². The number of amides is 2. The quantitative estimate of drug-likeness (QED) is 0.767. The zero-order chi connectivity index (χ0) is 14.7. The van der Waals surface area contributed by atoms with Crippen LogP contribution in [0.4, 0.5) is 5.69 Å². The van der Waals surface area contributed by atoms with Gasteiger partial charge in [-0.2, -0.15) is 0 Å². The number of rotatable bonds is 4. The van der Waals surface area contributed by atoms with E-state index in [2.05, 4.69) is 5.32 Å². The number of carbonyl (C=O) groups is 3. The van der Waals surface area contributed by atoms with E-state index in [4.69, 9.17) is 5.11 Å². The highest BCUT2D eigenvalue weighted by Gasteiger charge is 2.23. The molecule has 2 amide bonds. The highest BCUT2D eigenvalue weighted by atomic mass is 127. The van der Waals surface area contributed by atoms with E-state index >= 15 is 0 Å². The van der Waals surface area contributed by atoms with Crippen molar-refractivity contribution >= 4 is 46.1 Å². The maximum absolute atomic E-state index is 11.9. The van der Waals surface area contributed by atoms with Gasteiger partial charge in [-0.3, -0.25) is 9.59 Å². The Morgan fingerprint density at radius 1 is 1.40 bits per heavy atom. The van der Waals surface area contributed by atoms with Crippen LogP contribution in [0.1, 0.15) is 23.2 Å². The SMILES string of the molecule is O=C(CN1CCCC1=O)Nc1ccc(I)cc1C(=O)O. The van der Waals surface area contributed by atoms with Gasteiger partial charge in [-0.05, 0) is 47.2 Å². The molecule has 1 saturated heterocycles. The minimum atomic E-state index is -1.10. The molecule has 2 rings (SSSR count). The van der Waals surface area contributed by atoms with Gasteiger partial charge >= 0.3 is 5.97 Å². The zero-order valence-electron chi connectivity index (χ0n) is 10.6. The summed E-state index contributed by atoms with van der Waals surface area (Å²) < 4.78 is 0.771. The molecule has 1 fully saturated rings. The Balaban J connectivity index is 2.07. The number of likely N-dealkylation sites (tertiary alicyclic amines) is 1. The van der Waals surface area contributed by atoms with Gasteiger partial charge in [0.25, 0.3) is 0 Å². The molecule has 1 aromatic carbocycles. The van der Waals surface area contributed by atoms with Crippen molar-refractivity contribution < 1.29 is 19.5 Å². The first-order valence-corrected chi connectivity index (χ1v) is 7.15. The number of nitrogens with one attached hydrogen (secondary N) is 1. The number of nitrogens with zero attached hydrogens (tertiary/aromatic N) is 1. The van der Waals surface area contributed by atoms with E-state index in [1.807, 2.05) is 22.6 Å². The summed E-state index contributed by atoms with van der Waals surface area (Å²) in [5.74, 6) is -1.53. The van der Waals surface area contributed by atoms with Crippen LogP contribution in [-0.4, -0.2) is 40.9 Å². The number of hydrogen-bond acceptors (Lipinski definition) is 3. The van der Waals surface area contributed by atoms with Gasteiger partial charge in [0.05, 0.1) is 17.8 Å². The van der Waals surface area contributed by atoms with Gasteiger partial charge in [0.2, 0.25) is 11.8 Å². The molecule has 7 heteroatoms. The average Bonchev–Trinajstić information content (AvgIpc) is 2.77. The van der Waals surface area contributed by atoms with Crippen molar-refractivity contribution in [2.24, 2.45) is 0 Å². The third kappa shape index (κ3) is 3.47. The molecule has 0 radical (unpaired) electrons. The van der Waals surface area contributed by atoms with Crippen molar-refractivity contribution in [2.45, 2.75) is 12.8 Å². The lowest BCUT2D eigenvalue weighted by Gasteiger charge is -2.15. The second-order valence-electron chi connectivity index (χ2n) is 4.46. The number of hydrogen-bond donors (Lipinski definition) is 2. The molecule has 2 N–H and O–H groups in total. The lowest BCUT2D eigenvalue weighted by Crippen LogP contribution is -2.34. The molecule has 1 heterocycles. The predicted octanol–water partition coefficient (Wildman–Crippen LogP) is 1.55. The molecule has 106 valence electrons. The second kappa shape index (κ2) is 6.21. The Morgan fingerprint density at radius 2 is 2.15 bits per heavy atom. The molecule has 0 saturated carbocycles. The number of carboxylic acids is 1. The van der Waals surface area contributed by atoms with Crippen molar-refractivity contribution in [1.82, 2.24) is 4.90 Å².